The van der Waals surface area contributed by atoms with E-state index in [4.69, 9.17) is 0 Å². The minimum absolute atomic E-state index is 0.0163. The number of aromatic carboxylic acids is 1. The Bertz CT molecular complexity index is 918. The Morgan fingerprint density at radius 3 is 2.04 bits per heavy atom. The van der Waals surface area contributed by atoms with Gasteiger partial charge in [-0.3, -0.25) is 4.79 Å². The predicted molar refractivity (Wildman–Crippen MR) is 94.9 cm³/mol. The quantitative estimate of drug-likeness (QED) is 0.673. The van der Waals surface area contributed by atoms with E-state index in [9.17, 15) is 19.8 Å². The van der Waals surface area contributed by atoms with Crippen molar-refractivity contribution in [2.24, 2.45) is 0 Å². The van der Waals surface area contributed by atoms with Gasteiger partial charge in [-0.15, -0.1) is 0 Å². The number of anilines is 1. The number of hydrogen-bond donors (Lipinski definition) is 3. The normalized spacial score (nSPS) is 10.2. The van der Waals surface area contributed by atoms with E-state index in [2.05, 4.69) is 5.32 Å². The molecule has 0 spiro atoms. The number of benzene rings is 3. The predicted octanol–water partition coefficient (Wildman–Crippen LogP) is 4.01. The summed E-state index contributed by atoms with van der Waals surface area (Å²) in [6.07, 6.45) is 0. The van der Waals surface area contributed by atoms with Crippen molar-refractivity contribution < 1.29 is 19.8 Å². The van der Waals surface area contributed by atoms with Gasteiger partial charge in [-0.2, -0.15) is 0 Å². The molecule has 5 heteroatoms. The van der Waals surface area contributed by atoms with Crippen LogP contribution in [0.2, 0.25) is 0 Å². The lowest BCUT2D eigenvalue weighted by atomic mass is 10.0. The van der Waals surface area contributed by atoms with Crippen molar-refractivity contribution in [2.75, 3.05) is 5.32 Å². The second-order valence-corrected chi connectivity index (χ2v) is 5.43. The smallest absolute Gasteiger partial charge is 0.336 e. The molecule has 0 aliphatic carbocycles. The standard InChI is InChI=1S/C20H15NO4/c22-16-10-11-17(18(12-16)20(24)25)19(23)21-15-8-6-14(7-9-15)13-4-2-1-3-5-13/h1-12,22H,(H,21,23)(H,24,25). The van der Waals surface area contributed by atoms with E-state index in [-0.39, 0.29) is 16.9 Å². The first kappa shape index (κ1) is 16.3. The fraction of sp³-hybridized carbons (Fsp3) is 0. The van der Waals surface area contributed by atoms with Gasteiger partial charge in [0.05, 0.1) is 11.1 Å². The maximum Gasteiger partial charge on any atom is 0.336 e. The molecule has 0 radical (unpaired) electrons. The molecule has 124 valence electrons. The third kappa shape index (κ3) is 3.67. The summed E-state index contributed by atoms with van der Waals surface area (Å²) >= 11 is 0. The van der Waals surface area contributed by atoms with Gasteiger partial charge in [0.25, 0.3) is 5.91 Å². The molecule has 0 saturated carbocycles. The molecule has 1 amide bonds. The third-order valence-corrected chi connectivity index (χ3v) is 3.73. The van der Waals surface area contributed by atoms with Crippen molar-refractivity contribution in [3.05, 3.63) is 83.9 Å². The van der Waals surface area contributed by atoms with E-state index in [1.807, 2.05) is 42.5 Å². The van der Waals surface area contributed by atoms with Crippen molar-refractivity contribution in [1.29, 1.82) is 0 Å². The Morgan fingerprint density at radius 2 is 1.40 bits per heavy atom. The zero-order valence-corrected chi connectivity index (χ0v) is 13.1. The molecule has 3 rings (SSSR count). The van der Waals surface area contributed by atoms with E-state index in [0.717, 1.165) is 17.2 Å². The Hall–Kier alpha value is -3.60. The summed E-state index contributed by atoms with van der Waals surface area (Å²) in [5.41, 5.74) is 2.35. The SMILES string of the molecule is O=C(O)c1cc(O)ccc1C(=O)Nc1ccc(-c2ccccc2)cc1. The molecule has 3 N–H and O–H groups in total. The first-order valence-electron chi connectivity index (χ1n) is 7.58. The number of carboxylic acids is 1. The lowest BCUT2D eigenvalue weighted by Crippen LogP contribution is -2.16. The summed E-state index contributed by atoms with van der Waals surface area (Å²) in [7, 11) is 0. The summed E-state index contributed by atoms with van der Waals surface area (Å²) in [6.45, 7) is 0. The maximum atomic E-state index is 12.3. The third-order valence-electron chi connectivity index (χ3n) is 3.73. The summed E-state index contributed by atoms with van der Waals surface area (Å²) < 4.78 is 0. The summed E-state index contributed by atoms with van der Waals surface area (Å²) in [4.78, 5) is 23.6. The van der Waals surface area contributed by atoms with E-state index in [1.165, 1.54) is 12.1 Å². The Labute approximate surface area is 144 Å². The minimum atomic E-state index is -1.28. The van der Waals surface area contributed by atoms with E-state index in [0.29, 0.717) is 5.69 Å². The molecule has 0 aromatic heterocycles. The average molecular weight is 333 g/mol. The molecule has 0 unspecified atom stereocenters. The molecule has 0 heterocycles. The highest BCUT2D eigenvalue weighted by Gasteiger charge is 2.17. The highest BCUT2D eigenvalue weighted by atomic mass is 16.4. The molecule has 5 nitrogen and oxygen atoms in total. The molecule has 25 heavy (non-hydrogen) atoms. The summed E-state index contributed by atoms with van der Waals surface area (Å²) in [5.74, 6) is -2.04. The van der Waals surface area contributed by atoms with Gasteiger partial charge in [0.2, 0.25) is 0 Å². The summed E-state index contributed by atoms with van der Waals surface area (Å²) in [5, 5.41) is 21.2. The lowest BCUT2D eigenvalue weighted by Gasteiger charge is -2.09. The Kier molecular flexibility index (Phi) is 4.48. The van der Waals surface area contributed by atoms with Crippen LogP contribution in [-0.2, 0) is 0 Å². The molecule has 0 fully saturated rings. The number of amides is 1. The molecule has 0 bridgehead atoms. The van der Waals surface area contributed by atoms with Crippen LogP contribution in [0.25, 0.3) is 11.1 Å². The van der Waals surface area contributed by atoms with Crippen LogP contribution in [0.5, 0.6) is 5.75 Å². The number of nitrogens with one attached hydrogen (secondary N) is 1. The van der Waals surface area contributed by atoms with Crippen molar-refractivity contribution in [2.45, 2.75) is 0 Å². The maximum absolute atomic E-state index is 12.3. The molecule has 0 atom stereocenters. The molecule has 3 aromatic rings. The monoisotopic (exact) mass is 333 g/mol. The number of phenolic OH excluding ortho intramolecular Hbond substituents is 1. The first-order valence-corrected chi connectivity index (χ1v) is 7.58. The summed E-state index contributed by atoms with van der Waals surface area (Å²) in [6, 6.07) is 20.7. The van der Waals surface area contributed by atoms with Gasteiger partial charge in [0.1, 0.15) is 5.75 Å². The van der Waals surface area contributed by atoms with Crippen LogP contribution >= 0.6 is 0 Å². The average Bonchev–Trinajstić information content (AvgIpc) is 2.63. The van der Waals surface area contributed by atoms with Crippen molar-refractivity contribution >= 4 is 17.6 Å². The van der Waals surface area contributed by atoms with Gasteiger partial charge >= 0.3 is 5.97 Å². The van der Waals surface area contributed by atoms with E-state index in [1.54, 1.807) is 12.1 Å². The van der Waals surface area contributed by atoms with Gasteiger partial charge in [-0.25, -0.2) is 4.79 Å². The van der Waals surface area contributed by atoms with Gasteiger partial charge in [-0.1, -0.05) is 42.5 Å². The van der Waals surface area contributed by atoms with Crippen LogP contribution in [0.4, 0.5) is 5.69 Å². The van der Waals surface area contributed by atoms with Gasteiger partial charge in [0.15, 0.2) is 0 Å². The molecule has 0 saturated heterocycles. The van der Waals surface area contributed by atoms with Crippen LogP contribution in [0.3, 0.4) is 0 Å². The number of carbonyl (C=O) groups is 2. The molecule has 3 aromatic carbocycles. The van der Waals surface area contributed by atoms with Crippen LogP contribution < -0.4 is 5.32 Å². The largest absolute Gasteiger partial charge is 0.508 e. The zero-order valence-electron chi connectivity index (χ0n) is 13.1. The topological polar surface area (TPSA) is 86.6 Å². The number of hydrogen-bond acceptors (Lipinski definition) is 3. The number of rotatable bonds is 4. The van der Waals surface area contributed by atoms with Crippen molar-refractivity contribution in [3.8, 4) is 16.9 Å². The minimum Gasteiger partial charge on any atom is -0.508 e. The molecule has 0 aliphatic rings. The van der Waals surface area contributed by atoms with Crippen LogP contribution in [0.1, 0.15) is 20.7 Å². The second kappa shape index (κ2) is 6.88. The lowest BCUT2D eigenvalue weighted by molar-refractivity contribution is 0.0692. The number of carbonyl (C=O) groups excluding carboxylic acids is 1. The fourth-order valence-corrected chi connectivity index (χ4v) is 2.48. The van der Waals surface area contributed by atoms with E-state index >= 15 is 0 Å². The highest BCUT2D eigenvalue weighted by Crippen LogP contribution is 2.22. The number of phenols is 1. The zero-order chi connectivity index (χ0) is 17.8. The van der Waals surface area contributed by atoms with Crippen LogP contribution in [0, 0.1) is 0 Å². The number of aromatic hydroxyl groups is 1. The van der Waals surface area contributed by atoms with Gasteiger partial charge < -0.3 is 15.5 Å². The molecular weight excluding hydrogens is 318 g/mol. The number of carboxylic acid groups (broad SMARTS) is 1. The van der Waals surface area contributed by atoms with Crippen LogP contribution in [0.15, 0.2) is 72.8 Å². The van der Waals surface area contributed by atoms with Crippen LogP contribution in [-0.4, -0.2) is 22.1 Å². The Morgan fingerprint density at radius 1 is 0.760 bits per heavy atom. The first-order chi connectivity index (χ1) is 12.0. The second-order valence-electron chi connectivity index (χ2n) is 5.43. The van der Waals surface area contributed by atoms with Gasteiger partial charge in [0, 0.05) is 5.69 Å². The van der Waals surface area contributed by atoms with Crippen molar-refractivity contribution in [1.82, 2.24) is 0 Å². The van der Waals surface area contributed by atoms with Gasteiger partial charge in [-0.05, 0) is 41.5 Å². The van der Waals surface area contributed by atoms with E-state index < -0.39 is 11.9 Å². The molecular formula is C20H15NO4. The fourth-order valence-electron chi connectivity index (χ4n) is 2.48. The van der Waals surface area contributed by atoms with Crippen molar-refractivity contribution in [3.63, 3.8) is 0 Å². The highest BCUT2D eigenvalue weighted by molar-refractivity contribution is 6.10. The molecule has 0 aliphatic heterocycles. The Balaban J connectivity index is 1.81.